The predicted molar refractivity (Wildman–Crippen MR) is 63.8 cm³/mol. The molecular weight excluding hydrogens is 254 g/mol. The van der Waals surface area contributed by atoms with E-state index >= 15 is 0 Å². The molecule has 0 saturated carbocycles. The van der Waals surface area contributed by atoms with E-state index < -0.39 is 0 Å². The number of halogens is 1. The van der Waals surface area contributed by atoms with Crippen molar-refractivity contribution in [3.63, 3.8) is 0 Å². The van der Waals surface area contributed by atoms with E-state index in [9.17, 15) is 0 Å². The zero-order valence-corrected chi connectivity index (χ0v) is 10.8. The van der Waals surface area contributed by atoms with Crippen molar-refractivity contribution in [1.29, 1.82) is 5.26 Å². The van der Waals surface area contributed by atoms with Gasteiger partial charge in [-0.05, 0) is 39.5 Å². The fourth-order valence-electron chi connectivity index (χ4n) is 0.982. The summed E-state index contributed by atoms with van der Waals surface area (Å²) >= 11 is 3.38. The molecule has 0 bridgehead atoms. The van der Waals surface area contributed by atoms with Gasteiger partial charge in [0, 0.05) is 0 Å². The molecule has 0 N–H and O–H groups in total. The standard InChI is InChI=1S/C12H14BrNO/c1-12(2,3)8-15-11-5-4-9(7-14)6-10(11)13/h4-6H,8H2,1-3H3. The molecule has 1 rings (SSSR count). The van der Waals surface area contributed by atoms with E-state index in [-0.39, 0.29) is 5.41 Å². The lowest BCUT2D eigenvalue weighted by Gasteiger charge is -2.19. The molecule has 1 aromatic rings. The Morgan fingerprint density at radius 3 is 2.53 bits per heavy atom. The second-order valence-corrected chi connectivity index (χ2v) is 5.46. The van der Waals surface area contributed by atoms with E-state index in [0.717, 1.165) is 10.2 Å². The van der Waals surface area contributed by atoms with Crippen molar-refractivity contribution < 1.29 is 4.74 Å². The lowest BCUT2D eigenvalue weighted by Crippen LogP contribution is -2.17. The van der Waals surface area contributed by atoms with E-state index in [0.29, 0.717) is 12.2 Å². The molecule has 3 heteroatoms. The Bertz CT molecular complexity index is 388. The maximum absolute atomic E-state index is 8.70. The minimum Gasteiger partial charge on any atom is -0.492 e. The molecule has 0 aliphatic carbocycles. The Morgan fingerprint density at radius 2 is 2.07 bits per heavy atom. The maximum Gasteiger partial charge on any atom is 0.133 e. The molecule has 15 heavy (non-hydrogen) atoms. The highest BCUT2D eigenvalue weighted by atomic mass is 79.9. The van der Waals surface area contributed by atoms with Gasteiger partial charge in [0.2, 0.25) is 0 Å². The lowest BCUT2D eigenvalue weighted by atomic mass is 9.99. The molecular formula is C12H14BrNO. The second kappa shape index (κ2) is 4.67. The molecule has 0 radical (unpaired) electrons. The number of hydrogen-bond donors (Lipinski definition) is 0. The Hall–Kier alpha value is -1.01. The van der Waals surface area contributed by atoms with Crippen molar-refractivity contribution in [2.24, 2.45) is 5.41 Å². The summed E-state index contributed by atoms with van der Waals surface area (Å²) in [6.45, 7) is 7.00. The first-order chi connectivity index (χ1) is 6.92. The number of nitrogens with zero attached hydrogens (tertiary/aromatic N) is 1. The zero-order chi connectivity index (χ0) is 11.5. The molecule has 0 amide bonds. The topological polar surface area (TPSA) is 33.0 Å². The smallest absolute Gasteiger partial charge is 0.133 e. The number of ether oxygens (including phenoxy) is 1. The third-order valence-electron chi connectivity index (χ3n) is 1.72. The SMILES string of the molecule is CC(C)(C)COc1ccc(C#N)cc1Br. The van der Waals surface area contributed by atoms with Crippen LogP contribution in [0.15, 0.2) is 22.7 Å². The Balaban J connectivity index is 2.76. The summed E-state index contributed by atoms with van der Waals surface area (Å²) < 4.78 is 6.47. The fraction of sp³-hybridized carbons (Fsp3) is 0.417. The van der Waals surface area contributed by atoms with Crippen LogP contribution in [0.3, 0.4) is 0 Å². The molecule has 0 unspecified atom stereocenters. The third-order valence-corrected chi connectivity index (χ3v) is 2.34. The van der Waals surface area contributed by atoms with Crippen LogP contribution in [0, 0.1) is 16.7 Å². The van der Waals surface area contributed by atoms with Crippen LogP contribution in [0.1, 0.15) is 26.3 Å². The number of hydrogen-bond acceptors (Lipinski definition) is 2. The van der Waals surface area contributed by atoms with E-state index in [4.69, 9.17) is 10.00 Å². The van der Waals surface area contributed by atoms with E-state index in [2.05, 4.69) is 42.8 Å². The van der Waals surface area contributed by atoms with Gasteiger partial charge in [-0.25, -0.2) is 0 Å². The van der Waals surface area contributed by atoms with Crippen LogP contribution in [0.5, 0.6) is 5.75 Å². The number of rotatable bonds is 2. The first-order valence-electron chi connectivity index (χ1n) is 4.75. The molecule has 0 spiro atoms. The van der Waals surface area contributed by atoms with Crippen LogP contribution in [0.25, 0.3) is 0 Å². The maximum atomic E-state index is 8.70. The monoisotopic (exact) mass is 267 g/mol. The first-order valence-corrected chi connectivity index (χ1v) is 5.54. The van der Waals surface area contributed by atoms with E-state index in [1.54, 1.807) is 12.1 Å². The highest BCUT2D eigenvalue weighted by molar-refractivity contribution is 9.10. The van der Waals surface area contributed by atoms with Gasteiger partial charge in [0.05, 0.1) is 22.7 Å². The van der Waals surface area contributed by atoms with Gasteiger partial charge in [-0.2, -0.15) is 5.26 Å². The summed E-state index contributed by atoms with van der Waals surface area (Å²) in [5.41, 5.74) is 0.762. The summed E-state index contributed by atoms with van der Waals surface area (Å²) in [7, 11) is 0. The fourth-order valence-corrected chi connectivity index (χ4v) is 1.47. The number of nitriles is 1. The van der Waals surface area contributed by atoms with Gasteiger partial charge in [0.25, 0.3) is 0 Å². The Morgan fingerprint density at radius 1 is 1.40 bits per heavy atom. The Labute approximate surface area is 99.0 Å². The summed E-state index contributed by atoms with van der Waals surface area (Å²) in [6.07, 6.45) is 0. The molecule has 0 saturated heterocycles. The van der Waals surface area contributed by atoms with E-state index in [1.165, 1.54) is 0 Å². The average molecular weight is 268 g/mol. The molecule has 0 atom stereocenters. The highest BCUT2D eigenvalue weighted by Crippen LogP contribution is 2.27. The van der Waals surface area contributed by atoms with Crippen molar-refractivity contribution in [1.82, 2.24) is 0 Å². The average Bonchev–Trinajstić information content (AvgIpc) is 2.14. The molecule has 80 valence electrons. The van der Waals surface area contributed by atoms with Gasteiger partial charge >= 0.3 is 0 Å². The van der Waals surface area contributed by atoms with Gasteiger partial charge in [0.1, 0.15) is 5.75 Å². The molecule has 1 aromatic carbocycles. The molecule has 0 aromatic heterocycles. The largest absolute Gasteiger partial charge is 0.492 e. The molecule has 0 fully saturated rings. The van der Waals surface area contributed by atoms with Crippen LogP contribution < -0.4 is 4.74 Å². The van der Waals surface area contributed by atoms with Crippen molar-refractivity contribution in [3.05, 3.63) is 28.2 Å². The zero-order valence-electron chi connectivity index (χ0n) is 9.17. The highest BCUT2D eigenvalue weighted by Gasteiger charge is 2.12. The van der Waals surface area contributed by atoms with Crippen LogP contribution >= 0.6 is 15.9 Å². The molecule has 2 nitrogen and oxygen atoms in total. The van der Waals surface area contributed by atoms with Crippen molar-refractivity contribution in [2.75, 3.05) is 6.61 Å². The van der Waals surface area contributed by atoms with Crippen molar-refractivity contribution in [3.8, 4) is 11.8 Å². The van der Waals surface area contributed by atoms with Crippen molar-refractivity contribution >= 4 is 15.9 Å². The lowest BCUT2D eigenvalue weighted by molar-refractivity contribution is 0.197. The summed E-state index contributed by atoms with van der Waals surface area (Å²) in [4.78, 5) is 0. The second-order valence-electron chi connectivity index (χ2n) is 4.61. The van der Waals surface area contributed by atoms with Gasteiger partial charge in [-0.15, -0.1) is 0 Å². The van der Waals surface area contributed by atoms with Crippen LogP contribution in [-0.4, -0.2) is 6.61 Å². The normalized spacial score (nSPS) is 10.9. The molecule has 0 aliphatic rings. The van der Waals surface area contributed by atoms with Gasteiger partial charge in [-0.3, -0.25) is 0 Å². The number of benzene rings is 1. The summed E-state index contributed by atoms with van der Waals surface area (Å²) in [5.74, 6) is 0.781. The molecule has 0 heterocycles. The minimum absolute atomic E-state index is 0.132. The van der Waals surface area contributed by atoms with Crippen LogP contribution in [-0.2, 0) is 0 Å². The predicted octanol–water partition coefficient (Wildman–Crippen LogP) is 3.75. The van der Waals surface area contributed by atoms with Gasteiger partial charge in [-0.1, -0.05) is 20.8 Å². The summed E-state index contributed by atoms with van der Waals surface area (Å²) in [6, 6.07) is 7.41. The van der Waals surface area contributed by atoms with Crippen molar-refractivity contribution in [2.45, 2.75) is 20.8 Å². The summed E-state index contributed by atoms with van der Waals surface area (Å²) in [5, 5.41) is 8.70. The van der Waals surface area contributed by atoms with E-state index in [1.807, 2.05) is 6.07 Å². The minimum atomic E-state index is 0.132. The van der Waals surface area contributed by atoms with Crippen LogP contribution in [0.4, 0.5) is 0 Å². The third kappa shape index (κ3) is 3.93. The van der Waals surface area contributed by atoms with Gasteiger partial charge in [0.15, 0.2) is 0 Å². The Kier molecular flexibility index (Phi) is 3.76. The van der Waals surface area contributed by atoms with Crippen LogP contribution in [0.2, 0.25) is 0 Å². The molecule has 0 aliphatic heterocycles. The quantitative estimate of drug-likeness (QED) is 0.818. The van der Waals surface area contributed by atoms with Gasteiger partial charge < -0.3 is 4.74 Å². The first kappa shape index (κ1) is 12.1.